The molecule has 1 aromatic heterocycles. The van der Waals surface area contributed by atoms with E-state index in [-0.39, 0.29) is 0 Å². The van der Waals surface area contributed by atoms with E-state index in [9.17, 15) is 0 Å². The molecule has 0 amide bonds. The van der Waals surface area contributed by atoms with Crippen molar-refractivity contribution < 1.29 is 4.74 Å². The molecule has 1 fully saturated rings. The maximum absolute atomic E-state index is 5.79. The van der Waals surface area contributed by atoms with Gasteiger partial charge in [-0.2, -0.15) is 0 Å². The predicted octanol–water partition coefficient (Wildman–Crippen LogP) is 2.05. The maximum atomic E-state index is 5.79. The number of nitrogens with zero attached hydrogens (tertiary/aromatic N) is 2. The Morgan fingerprint density at radius 1 is 1.47 bits per heavy atom. The number of likely N-dealkylation sites (N-methyl/N-ethyl adjacent to an activating group) is 1. The molecule has 0 aromatic carbocycles. The lowest BCUT2D eigenvalue weighted by atomic mass is 10.3. The Kier molecular flexibility index (Phi) is 5.61. The largest absolute Gasteiger partial charge is 0.492 e. The second-order valence-electron chi connectivity index (χ2n) is 5.22. The minimum atomic E-state index is 0.749. The molecule has 0 spiro atoms. The van der Waals surface area contributed by atoms with E-state index in [1.807, 2.05) is 18.3 Å². The molecule has 4 heteroatoms. The first-order chi connectivity index (χ1) is 9.29. The molecule has 0 bridgehead atoms. The van der Waals surface area contributed by atoms with Crippen molar-refractivity contribution in [1.29, 1.82) is 0 Å². The van der Waals surface area contributed by atoms with Gasteiger partial charge >= 0.3 is 0 Å². The summed E-state index contributed by atoms with van der Waals surface area (Å²) in [7, 11) is 2.17. The SMILES string of the molecule is CCCNCc1cc(OCCN(C)C2CC2)ccn1. The topological polar surface area (TPSA) is 37.4 Å². The normalized spacial score (nSPS) is 14.9. The highest BCUT2D eigenvalue weighted by Crippen LogP contribution is 2.24. The number of rotatable bonds is 9. The van der Waals surface area contributed by atoms with Crippen molar-refractivity contribution in [3.05, 3.63) is 24.0 Å². The van der Waals surface area contributed by atoms with Crippen LogP contribution in [0.5, 0.6) is 5.75 Å². The van der Waals surface area contributed by atoms with Crippen LogP contribution in [0.15, 0.2) is 18.3 Å². The molecule has 1 N–H and O–H groups in total. The fraction of sp³-hybridized carbons (Fsp3) is 0.667. The van der Waals surface area contributed by atoms with Crippen LogP contribution < -0.4 is 10.1 Å². The molecule has 1 aliphatic rings. The van der Waals surface area contributed by atoms with Crippen molar-refractivity contribution in [3.8, 4) is 5.75 Å². The van der Waals surface area contributed by atoms with Gasteiger partial charge in [0.15, 0.2) is 0 Å². The van der Waals surface area contributed by atoms with Crippen molar-refractivity contribution in [2.45, 2.75) is 38.8 Å². The molecule has 4 nitrogen and oxygen atoms in total. The molecule has 1 saturated carbocycles. The first kappa shape index (κ1) is 14.3. The molecule has 0 radical (unpaired) electrons. The van der Waals surface area contributed by atoms with E-state index >= 15 is 0 Å². The monoisotopic (exact) mass is 263 g/mol. The summed E-state index contributed by atoms with van der Waals surface area (Å²) in [6, 6.07) is 4.76. The van der Waals surface area contributed by atoms with E-state index in [4.69, 9.17) is 4.74 Å². The van der Waals surface area contributed by atoms with Gasteiger partial charge in [-0.25, -0.2) is 0 Å². The van der Waals surface area contributed by atoms with Gasteiger partial charge in [-0.05, 0) is 38.9 Å². The minimum absolute atomic E-state index is 0.749. The van der Waals surface area contributed by atoms with Crippen molar-refractivity contribution in [2.24, 2.45) is 0 Å². The number of hydrogen-bond acceptors (Lipinski definition) is 4. The van der Waals surface area contributed by atoms with Crippen LogP contribution in [0.3, 0.4) is 0 Å². The standard InChI is InChI=1S/C15H25N3O/c1-3-7-16-12-13-11-15(6-8-17-13)19-10-9-18(2)14-4-5-14/h6,8,11,14,16H,3-5,7,9-10,12H2,1-2H3. The second-order valence-corrected chi connectivity index (χ2v) is 5.22. The predicted molar refractivity (Wildman–Crippen MR) is 77.4 cm³/mol. The van der Waals surface area contributed by atoms with Crippen LogP contribution in [0.2, 0.25) is 0 Å². The van der Waals surface area contributed by atoms with Crippen LogP contribution in [0.4, 0.5) is 0 Å². The summed E-state index contributed by atoms with van der Waals surface area (Å²) in [6.45, 7) is 5.75. The Bertz CT molecular complexity index is 379. The summed E-state index contributed by atoms with van der Waals surface area (Å²) >= 11 is 0. The lowest BCUT2D eigenvalue weighted by Gasteiger charge is -2.16. The van der Waals surface area contributed by atoms with E-state index in [0.29, 0.717) is 0 Å². The fourth-order valence-corrected chi connectivity index (χ4v) is 2.04. The van der Waals surface area contributed by atoms with E-state index in [1.165, 1.54) is 12.8 Å². The Morgan fingerprint density at radius 2 is 2.32 bits per heavy atom. The molecule has 1 aliphatic carbocycles. The van der Waals surface area contributed by atoms with Crippen LogP contribution in [0.25, 0.3) is 0 Å². The summed E-state index contributed by atoms with van der Waals surface area (Å²) in [5.41, 5.74) is 1.04. The van der Waals surface area contributed by atoms with Gasteiger partial charge in [0.2, 0.25) is 0 Å². The average molecular weight is 263 g/mol. The molecular weight excluding hydrogens is 238 g/mol. The number of nitrogens with one attached hydrogen (secondary N) is 1. The van der Waals surface area contributed by atoms with Crippen molar-refractivity contribution >= 4 is 0 Å². The molecular formula is C15H25N3O. The quantitative estimate of drug-likeness (QED) is 0.692. The molecule has 0 aliphatic heterocycles. The minimum Gasteiger partial charge on any atom is -0.492 e. The summed E-state index contributed by atoms with van der Waals surface area (Å²) in [5.74, 6) is 0.924. The summed E-state index contributed by atoms with van der Waals surface area (Å²) < 4.78 is 5.79. The molecule has 0 atom stereocenters. The van der Waals surface area contributed by atoms with E-state index < -0.39 is 0 Å². The number of ether oxygens (including phenoxy) is 1. The van der Waals surface area contributed by atoms with Gasteiger partial charge in [0.25, 0.3) is 0 Å². The first-order valence-electron chi connectivity index (χ1n) is 7.28. The van der Waals surface area contributed by atoms with Crippen LogP contribution in [0.1, 0.15) is 31.9 Å². The molecule has 19 heavy (non-hydrogen) atoms. The maximum Gasteiger partial charge on any atom is 0.122 e. The molecule has 0 saturated heterocycles. The van der Waals surface area contributed by atoms with Gasteiger partial charge in [-0.1, -0.05) is 6.92 Å². The Hall–Kier alpha value is -1.13. The van der Waals surface area contributed by atoms with E-state index in [0.717, 1.165) is 50.1 Å². The van der Waals surface area contributed by atoms with Gasteiger partial charge in [-0.15, -0.1) is 0 Å². The highest BCUT2D eigenvalue weighted by molar-refractivity contribution is 5.22. The zero-order valence-electron chi connectivity index (χ0n) is 12.1. The van der Waals surface area contributed by atoms with Gasteiger partial charge < -0.3 is 15.0 Å². The van der Waals surface area contributed by atoms with Crippen molar-refractivity contribution in [3.63, 3.8) is 0 Å². The van der Waals surface area contributed by atoms with Crippen LogP contribution in [-0.4, -0.2) is 42.7 Å². The highest BCUT2D eigenvalue weighted by Gasteiger charge is 2.25. The van der Waals surface area contributed by atoms with Crippen molar-refractivity contribution in [1.82, 2.24) is 15.2 Å². The number of hydrogen-bond donors (Lipinski definition) is 1. The van der Waals surface area contributed by atoms with Crippen LogP contribution in [0, 0.1) is 0 Å². The van der Waals surface area contributed by atoms with Crippen molar-refractivity contribution in [2.75, 3.05) is 26.7 Å². The third-order valence-corrected chi connectivity index (χ3v) is 3.40. The molecule has 1 heterocycles. The fourth-order valence-electron chi connectivity index (χ4n) is 2.04. The number of aromatic nitrogens is 1. The molecule has 0 unspecified atom stereocenters. The zero-order chi connectivity index (χ0) is 13.5. The molecule has 2 rings (SSSR count). The Balaban J connectivity index is 1.71. The molecule has 1 aromatic rings. The lowest BCUT2D eigenvalue weighted by molar-refractivity contribution is 0.231. The number of pyridine rings is 1. The average Bonchev–Trinajstić information content (AvgIpc) is 3.24. The van der Waals surface area contributed by atoms with Crippen LogP contribution in [-0.2, 0) is 6.54 Å². The Morgan fingerprint density at radius 3 is 3.05 bits per heavy atom. The summed E-state index contributed by atoms with van der Waals surface area (Å²) in [4.78, 5) is 6.72. The van der Waals surface area contributed by atoms with E-state index in [1.54, 1.807) is 0 Å². The highest BCUT2D eigenvalue weighted by atomic mass is 16.5. The van der Waals surface area contributed by atoms with Gasteiger partial charge in [0.1, 0.15) is 12.4 Å². The van der Waals surface area contributed by atoms with Gasteiger partial charge in [0, 0.05) is 31.4 Å². The molecule has 106 valence electrons. The third-order valence-electron chi connectivity index (χ3n) is 3.40. The smallest absolute Gasteiger partial charge is 0.122 e. The van der Waals surface area contributed by atoms with Gasteiger partial charge in [0.05, 0.1) is 5.69 Å². The summed E-state index contributed by atoms with van der Waals surface area (Å²) in [6.07, 6.45) is 5.66. The van der Waals surface area contributed by atoms with Crippen LogP contribution >= 0.6 is 0 Å². The first-order valence-corrected chi connectivity index (χ1v) is 7.28. The zero-order valence-corrected chi connectivity index (χ0v) is 12.1. The van der Waals surface area contributed by atoms with Gasteiger partial charge in [-0.3, -0.25) is 4.98 Å². The lowest BCUT2D eigenvalue weighted by Crippen LogP contribution is -2.26. The summed E-state index contributed by atoms with van der Waals surface area (Å²) in [5, 5.41) is 3.35. The second kappa shape index (κ2) is 7.46. The Labute approximate surface area is 116 Å². The third kappa shape index (κ3) is 5.17. The van der Waals surface area contributed by atoms with E-state index in [2.05, 4.69) is 29.2 Å².